The van der Waals surface area contributed by atoms with Gasteiger partial charge in [0.1, 0.15) is 6.61 Å². The molecule has 1 rings (SSSR count). The molecule has 0 aliphatic rings. The first kappa shape index (κ1) is 16.5. The van der Waals surface area contributed by atoms with Crippen LogP contribution in [0.3, 0.4) is 0 Å². The fraction of sp³-hybridized carbons (Fsp3) is 0.231. The number of hydrogen-bond donors (Lipinski definition) is 2. The topological polar surface area (TPSA) is 75.6 Å². The van der Waals surface area contributed by atoms with Crippen LogP contribution in [0.25, 0.3) is 0 Å². The van der Waals surface area contributed by atoms with E-state index in [-0.39, 0.29) is 12.2 Å². The van der Waals surface area contributed by atoms with Crippen LogP contribution < -0.4 is 5.32 Å². The van der Waals surface area contributed by atoms with Crippen LogP contribution in [0.5, 0.6) is 0 Å². The van der Waals surface area contributed by atoms with E-state index in [4.69, 9.17) is 5.11 Å². The van der Waals surface area contributed by atoms with Crippen LogP contribution in [0.1, 0.15) is 17.2 Å². The Morgan fingerprint density at radius 1 is 1.33 bits per heavy atom. The summed E-state index contributed by atoms with van der Waals surface area (Å²) < 4.78 is 41.8. The summed E-state index contributed by atoms with van der Waals surface area (Å²) in [6.45, 7) is 3.19. The van der Waals surface area contributed by atoms with Crippen LogP contribution in [0.2, 0.25) is 0 Å². The first-order chi connectivity index (χ1) is 9.75. The van der Waals surface area contributed by atoms with Gasteiger partial charge >= 0.3 is 18.2 Å². The molecule has 0 saturated carbocycles. The molecule has 0 bridgehead atoms. The smallest absolute Gasteiger partial charge is 0.416 e. The molecule has 0 aromatic heterocycles. The van der Waals surface area contributed by atoms with Gasteiger partial charge in [0.15, 0.2) is 6.04 Å². The van der Waals surface area contributed by atoms with E-state index in [2.05, 4.69) is 11.3 Å². The number of rotatable bonds is 5. The Morgan fingerprint density at radius 2 is 1.90 bits per heavy atom. The van der Waals surface area contributed by atoms with Crippen LogP contribution in [0, 0.1) is 0 Å². The molecule has 0 heterocycles. The molecule has 0 aliphatic carbocycles. The molecule has 0 spiro atoms. The first-order valence-electron chi connectivity index (χ1n) is 5.70. The molecule has 1 aromatic rings. The zero-order valence-corrected chi connectivity index (χ0v) is 10.7. The van der Waals surface area contributed by atoms with E-state index in [1.165, 1.54) is 6.08 Å². The molecule has 1 atom stereocenters. The average Bonchev–Trinajstić information content (AvgIpc) is 2.41. The summed E-state index contributed by atoms with van der Waals surface area (Å²) >= 11 is 0. The molecular weight excluding hydrogens is 291 g/mol. The highest BCUT2D eigenvalue weighted by Crippen LogP contribution is 2.29. The van der Waals surface area contributed by atoms with Crippen molar-refractivity contribution in [2.45, 2.75) is 12.2 Å². The summed E-state index contributed by atoms with van der Waals surface area (Å²) in [5.41, 5.74) is -0.921. The second kappa shape index (κ2) is 6.78. The largest absolute Gasteiger partial charge is 0.479 e. The number of amides is 1. The Bertz CT molecular complexity index is 525. The summed E-state index contributed by atoms with van der Waals surface area (Å²) in [6.07, 6.45) is -4.25. The average molecular weight is 303 g/mol. The highest BCUT2D eigenvalue weighted by Gasteiger charge is 2.31. The van der Waals surface area contributed by atoms with Gasteiger partial charge in [-0.25, -0.2) is 9.59 Å². The summed E-state index contributed by atoms with van der Waals surface area (Å²) in [5.74, 6) is -1.43. The van der Waals surface area contributed by atoms with Gasteiger partial charge in [-0.05, 0) is 17.7 Å². The number of carbonyl (C=O) groups is 2. The minimum atomic E-state index is -4.52. The zero-order chi connectivity index (χ0) is 16.0. The lowest BCUT2D eigenvalue weighted by Gasteiger charge is -2.15. The SMILES string of the molecule is C=CCOC(=O)NC(C(=O)O)c1ccc(C(F)(F)F)cc1. The number of carbonyl (C=O) groups excluding carboxylic acids is 1. The molecule has 0 aliphatic heterocycles. The van der Waals surface area contributed by atoms with Crippen molar-refractivity contribution >= 4 is 12.1 Å². The van der Waals surface area contributed by atoms with Crippen molar-refractivity contribution < 1.29 is 32.6 Å². The minimum Gasteiger partial charge on any atom is -0.479 e. The second-order valence-corrected chi connectivity index (χ2v) is 3.92. The van der Waals surface area contributed by atoms with Gasteiger partial charge in [0.2, 0.25) is 0 Å². The van der Waals surface area contributed by atoms with Crippen LogP contribution >= 0.6 is 0 Å². The Kier molecular flexibility index (Phi) is 5.34. The highest BCUT2D eigenvalue weighted by atomic mass is 19.4. The minimum absolute atomic E-state index is 0.00828. The first-order valence-corrected chi connectivity index (χ1v) is 5.70. The molecule has 1 aromatic carbocycles. The van der Waals surface area contributed by atoms with Crippen molar-refractivity contribution in [2.24, 2.45) is 0 Å². The third-order valence-corrected chi connectivity index (χ3v) is 2.41. The fourth-order valence-electron chi connectivity index (χ4n) is 1.45. The summed E-state index contributed by atoms with van der Waals surface area (Å²) in [6, 6.07) is 1.93. The van der Waals surface area contributed by atoms with Gasteiger partial charge < -0.3 is 15.2 Å². The molecule has 2 N–H and O–H groups in total. The van der Waals surface area contributed by atoms with Gasteiger partial charge in [0.05, 0.1) is 5.56 Å². The molecule has 5 nitrogen and oxygen atoms in total. The van der Waals surface area contributed by atoms with Crippen molar-refractivity contribution in [3.05, 3.63) is 48.0 Å². The van der Waals surface area contributed by atoms with E-state index in [0.717, 1.165) is 24.3 Å². The maximum Gasteiger partial charge on any atom is 0.416 e. The molecule has 0 saturated heterocycles. The maximum absolute atomic E-state index is 12.4. The summed E-state index contributed by atoms with van der Waals surface area (Å²) in [7, 11) is 0. The number of carboxylic acids is 1. The van der Waals surface area contributed by atoms with E-state index in [9.17, 15) is 22.8 Å². The summed E-state index contributed by atoms with van der Waals surface area (Å²) in [4.78, 5) is 22.4. The van der Waals surface area contributed by atoms with Gasteiger partial charge in [0.25, 0.3) is 0 Å². The molecule has 0 radical (unpaired) electrons. The van der Waals surface area contributed by atoms with Crippen molar-refractivity contribution in [3.63, 3.8) is 0 Å². The van der Waals surface area contributed by atoms with E-state index in [0.29, 0.717) is 0 Å². The van der Waals surface area contributed by atoms with E-state index < -0.39 is 29.8 Å². The quantitative estimate of drug-likeness (QED) is 0.820. The molecule has 1 amide bonds. The number of benzene rings is 1. The molecular formula is C13H12F3NO4. The van der Waals surface area contributed by atoms with Gasteiger partial charge in [-0.1, -0.05) is 24.8 Å². The number of aliphatic carboxylic acids is 1. The number of nitrogens with one attached hydrogen (secondary N) is 1. The van der Waals surface area contributed by atoms with Crippen molar-refractivity contribution in [2.75, 3.05) is 6.61 Å². The van der Waals surface area contributed by atoms with Gasteiger partial charge in [-0.3, -0.25) is 0 Å². The van der Waals surface area contributed by atoms with Gasteiger partial charge in [-0.2, -0.15) is 13.2 Å². The normalized spacial score (nSPS) is 12.3. The van der Waals surface area contributed by atoms with Crippen molar-refractivity contribution in [3.8, 4) is 0 Å². The van der Waals surface area contributed by atoms with Crippen LogP contribution in [-0.2, 0) is 15.7 Å². The third-order valence-electron chi connectivity index (χ3n) is 2.41. The lowest BCUT2D eigenvalue weighted by Crippen LogP contribution is -2.34. The molecule has 8 heteroatoms. The van der Waals surface area contributed by atoms with Crippen molar-refractivity contribution in [1.29, 1.82) is 0 Å². The number of ether oxygens (including phenoxy) is 1. The number of carboxylic acid groups (broad SMARTS) is 1. The van der Waals surface area contributed by atoms with Crippen LogP contribution in [0.4, 0.5) is 18.0 Å². The second-order valence-electron chi connectivity index (χ2n) is 3.92. The Labute approximate surface area is 118 Å². The Morgan fingerprint density at radius 3 is 2.33 bits per heavy atom. The number of halogens is 3. The summed E-state index contributed by atoms with van der Waals surface area (Å²) in [5, 5.41) is 11.1. The predicted molar refractivity (Wildman–Crippen MR) is 66.5 cm³/mol. The number of alkyl carbamates (subject to hydrolysis) is 1. The third kappa shape index (κ3) is 4.83. The number of hydrogen-bond acceptors (Lipinski definition) is 3. The highest BCUT2D eigenvalue weighted by molar-refractivity contribution is 5.81. The lowest BCUT2D eigenvalue weighted by molar-refractivity contribution is -0.139. The predicted octanol–water partition coefficient (Wildman–Crippen LogP) is 2.74. The Balaban J connectivity index is 2.89. The fourth-order valence-corrected chi connectivity index (χ4v) is 1.45. The van der Waals surface area contributed by atoms with E-state index in [1.807, 2.05) is 5.32 Å². The molecule has 0 fully saturated rings. The standard InChI is InChI=1S/C13H12F3NO4/c1-2-7-21-12(20)17-10(11(18)19)8-3-5-9(6-4-8)13(14,15)16/h2-6,10H,1,7H2,(H,17,20)(H,18,19). The van der Waals surface area contributed by atoms with E-state index >= 15 is 0 Å². The monoisotopic (exact) mass is 303 g/mol. The number of alkyl halides is 3. The van der Waals surface area contributed by atoms with Gasteiger partial charge in [-0.15, -0.1) is 0 Å². The zero-order valence-electron chi connectivity index (χ0n) is 10.7. The van der Waals surface area contributed by atoms with Crippen LogP contribution in [-0.4, -0.2) is 23.8 Å². The molecule has 114 valence electrons. The van der Waals surface area contributed by atoms with E-state index in [1.54, 1.807) is 0 Å². The Hall–Kier alpha value is -2.51. The molecule has 21 heavy (non-hydrogen) atoms. The maximum atomic E-state index is 12.4. The molecule has 1 unspecified atom stereocenters. The lowest BCUT2D eigenvalue weighted by atomic mass is 10.0. The van der Waals surface area contributed by atoms with Gasteiger partial charge in [0, 0.05) is 0 Å². The van der Waals surface area contributed by atoms with Crippen LogP contribution in [0.15, 0.2) is 36.9 Å². The van der Waals surface area contributed by atoms with Crippen molar-refractivity contribution in [1.82, 2.24) is 5.32 Å².